The van der Waals surface area contributed by atoms with Gasteiger partial charge in [-0.15, -0.1) is 0 Å². The van der Waals surface area contributed by atoms with Gasteiger partial charge in [0.25, 0.3) is 5.91 Å². The Kier molecular flexibility index (Phi) is 4.84. The fraction of sp³-hybridized carbons (Fsp3) is 0.133. The molecule has 2 aromatic carbocycles. The number of hydrogen-bond acceptors (Lipinski definition) is 3. The second-order valence-corrected chi connectivity index (χ2v) is 4.26. The number of carbonyl (C=O) groups excluding carboxylic acids is 1. The predicted octanol–water partition coefficient (Wildman–Crippen LogP) is 3.00. The number of hydrogen-bond donors (Lipinski definition) is 2. The van der Waals surface area contributed by atoms with Crippen LogP contribution in [0.15, 0.2) is 48.5 Å². The maximum Gasteiger partial charge on any atom is 0.387 e. The van der Waals surface area contributed by atoms with Gasteiger partial charge < -0.3 is 15.8 Å². The molecule has 0 heterocycles. The summed E-state index contributed by atoms with van der Waals surface area (Å²) in [5.41, 5.74) is 7.22. The molecule has 2 rings (SSSR count). The third kappa shape index (κ3) is 4.25. The maximum absolute atomic E-state index is 12.1. The lowest BCUT2D eigenvalue weighted by Gasteiger charge is -2.08. The van der Waals surface area contributed by atoms with Crippen molar-refractivity contribution in [2.24, 2.45) is 5.73 Å². The summed E-state index contributed by atoms with van der Waals surface area (Å²) in [6.45, 7) is -2.56. The molecule has 1 amide bonds. The highest BCUT2D eigenvalue weighted by atomic mass is 19.3. The highest BCUT2D eigenvalue weighted by Crippen LogP contribution is 2.17. The van der Waals surface area contributed by atoms with Gasteiger partial charge in [-0.3, -0.25) is 4.79 Å². The van der Waals surface area contributed by atoms with E-state index in [9.17, 15) is 13.6 Å². The molecule has 21 heavy (non-hydrogen) atoms. The van der Waals surface area contributed by atoms with E-state index in [1.54, 1.807) is 18.2 Å². The van der Waals surface area contributed by atoms with Crippen LogP contribution in [-0.4, -0.2) is 12.5 Å². The number of anilines is 1. The average Bonchev–Trinajstić information content (AvgIpc) is 2.47. The number of halogens is 2. The highest BCUT2D eigenvalue weighted by molar-refractivity contribution is 6.04. The van der Waals surface area contributed by atoms with E-state index in [0.717, 1.165) is 5.56 Å². The first-order valence-electron chi connectivity index (χ1n) is 6.23. The van der Waals surface area contributed by atoms with Crippen molar-refractivity contribution in [3.8, 4) is 5.75 Å². The summed E-state index contributed by atoms with van der Waals surface area (Å²) in [6, 6.07) is 12.7. The van der Waals surface area contributed by atoms with Crippen LogP contribution in [0.3, 0.4) is 0 Å². The molecular weight excluding hydrogens is 278 g/mol. The lowest BCUT2D eigenvalue weighted by Crippen LogP contribution is -2.12. The number of nitrogens with one attached hydrogen (secondary N) is 1. The van der Waals surface area contributed by atoms with Crippen LogP contribution in [0, 0.1) is 0 Å². The van der Waals surface area contributed by atoms with Crippen molar-refractivity contribution < 1.29 is 18.3 Å². The Hall–Kier alpha value is -2.47. The molecule has 0 aliphatic heterocycles. The molecule has 4 nitrogen and oxygen atoms in total. The van der Waals surface area contributed by atoms with Gasteiger partial charge in [-0.25, -0.2) is 0 Å². The Morgan fingerprint density at radius 1 is 1.19 bits per heavy atom. The molecule has 110 valence electrons. The summed E-state index contributed by atoms with van der Waals surface area (Å²) in [4.78, 5) is 12.1. The zero-order chi connectivity index (χ0) is 15.2. The van der Waals surface area contributed by atoms with Crippen LogP contribution in [0.4, 0.5) is 14.5 Å². The SMILES string of the molecule is NCc1cccc(NC(=O)c2cccc(OC(F)F)c2)c1. The van der Waals surface area contributed by atoms with Crippen LogP contribution in [0.5, 0.6) is 5.75 Å². The number of benzene rings is 2. The number of rotatable bonds is 5. The van der Waals surface area contributed by atoms with Crippen molar-refractivity contribution in [1.82, 2.24) is 0 Å². The predicted molar refractivity (Wildman–Crippen MR) is 75.4 cm³/mol. The van der Waals surface area contributed by atoms with E-state index in [4.69, 9.17) is 5.73 Å². The van der Waals surface area contributed by atoms with Crippen LogP contribution < -0.4 is 15.8 Å². The van der Waals surface area contributed by atoms with Crippen LogP contribution in [-0.2, 0) is 6.54 Å². The summed E-state index contributed by atoms with van der Waals surface area (Å²) in [5, 5.41) is 2.68. The van der Waals surface area contributed by atoms with Gasteiger partial charge in [0.05, 0.1) is 0 Å². The van der Waals surface area contributed by atoms with Gasteiger partial charge in [0.15, 0.2) is 0 Å². The van der Waals surface area contributed by atoms with E-state index >= 15 is 0 Å². The number of amides is 1. The molecule has 0 atom stereocenters. The summed E-state index contributed by atoms with van der Waals surface area (Å²) >= 11 is 0. The quantitative estimate of drug-likeness (QED) is 0.890. The van der Waals surface area contributed by atoms with Gasteiger partial charge in [-0.2, -0.15) is 8.78 Å². The number of carbonyl (C=O) groups is 1. The van der Waals surface area contributed by atoms with Crippen molar-refractivity contribution in [2.45, 2.75) is 13.2 Å². The van der Waals surface area contributed by atoms with E-state index in [2.05, 4.69) is 10.1 Å². The smallest absolute Gasteiger partial charge is 0.387 e. The van der Waals surface area contributed by atoms with Gasteiger partial charge in [-0.05, 0) is 35.9 Å². The van der Waals surface area contributed by atoms with Gasteiger partial charge in [0.1, 0.15) is 5.75 Å². The Bertz CT molecular complexity index is 633. The van der Waals surface area contributed by atoms with E-state index in [1.165, 1.54) is 24.3 Å². The molecule has 0 saturated heterocycles. The largest absolute Gasteiger partial charge is 0.435 e. The Balaban J connectivity index is 2.12. The molecule has 0 spiro atoms. The Morgan fingerprint density at radius 3 is 2.67 bits per heavy atom. The lowest BCUT2D eigenvalue weighted by molar-refractivity contribution is -0.0498. The van der Waals surface area contributed by atoms with Crippen molar-refractivity contribution in [1.29, 1.82) is 0 Å². The maximum atomic E-state index is 12.1. The molecule has 0 fully saturated rings. The molecule has 6 heteroatoms. The zero-order valence-electron chi connectivity index (χ0n) is 11.1. The van der Waals surface area contributed by atoms with E-state index < -0.39 is 12.5 Å². The fourth-order valence-electron chi connectivity index (χ4n) is 1.79. The van der Waals surface area contributed by atoms with Crippen molar-refractivity contribution in [3.05, 3.63) is 59.7 Å². The Labute approximate surface area is 120 Å². The molecule has 3 N–H and O–H groups in total. The number of ether oxygens (including phenoxy) is 1. The van der Waals surface area contributed by atoms with Gasteiger partial charge in [-0.1, -0.05) is 18.2 Å². The van der Waals surface area contributed by atoms with Crippen molar-refractivity contribution in [3.63, 3.8) is 0 Å². The fourth-order valence-corrected chi connectivity index (χ4v) is 1.79. The van der Waals surface area contributed by atoms with Crippen molar-refractivity contribution >= 4 is 11.6 Å². The summed E-state index contributed by atoms with van der Waals surface area (Å²) in [5.74, 6) is -0.475. The minimum atomic E-state index is -2.93. The lowest BCUT2D eigenvalue weighted by atomic mass is 10.1. The second-order valence-electron chi connectivity index (χ2n) is 4.26. The highest BCUT2D eigenvalue weighted by Gasteiger charge is 2.10. The van der Waals surface area contributed by atoms with E-state index in [1.807, 2.05) is 6.07 Å². The molecule has 2 aromatic rings. The first kappa shape index (κ1) is 14.9. The van der Waals surface area contributed by atoms with Gasteiger partial charge in [0.2, 0.25) is 0 Å². The molecule has 0 unspecified atom stereocenters. The number of alkyl halides is 2. The third-order valence-corrected chi connectivity index (χ3v) is 2.74. The van der Waals surface area contributed by atoms with E-state index in [0.29, 0.717) is 12.2 Å². The second kappa shape index (κ2) is 6.81. The zero-order valence-corrected chi connectivity index (χ0v) is 11.1. The van der Waals surface area contributed by atoms with Gasteiger partial charge in [0, 0.05) is 17.8 Å². The van der Waals surface area contributed by atoms with Crippen molar-refractivity contribution in [2.75, 3.05) is 5.32 Å². The summed E-state index contributed by atoms with van der Waals surface area (Å²) in [7, 11) is 0. The minimum Gasteiger partial charge on any atom is -0.435 e. The topological polar surface area (TPSA) is 64.3 Å². The third-order valence-electron chi connectivity index (χ3n) is 2.74. The van der Waals surface area contributed by atoms with E-state index in [-0.39, 0.29) is 11.3 Å². The summed E-state index contributed by atoms with van der Waals surface area (Å²) < 4.78 is 28.6. The normalized spacial score (nSPS) is 10.5. The van der Waals surface area contributed by atoms with Crippen LogP contribution in [0.1, 0.15) is 15.9 Å². The van der Waals surface area contributed by atoms with Crippen LogP contribution in [0.2, 0.25) is 0 Å². The molecule has 0 aromatic heterocycles. The molecule has 0 bridgehead atoms. The Morgan fingerprint density at radius 2 is 1.95 bits per heavy atom. The molecule has 0 aliphatic rings. The molecule has 0 radical (unpaired) electrons. The first-order chi connectivity index (χ1) is 10.1. The monoisotopic (exact) mass is 292 g/mol. The standard InChI is InChI=1S/C15H14F2N2O2/c16-15(17)21-13-6-2-4-11(8-13)14(20)19-12-5-1-3-10(7-12)9-18/h1-8,15H,9,18H2,(H,19,20). The van der Waals surface area contributed by atoms with Gasteiger partial charge >= 0.3 is 6.61 Å². The molecular formula is C15H14F2N2O2. The van der Waals surface area contributed by atoms with Crippen LogP contribution in [0.25, 0.3) is 0 Å². The average molecular weight is 292 g/mol. The molecule has 0 aliphatic carbocycles. The number of nitrogens with two attached hydrogens (primary N) is 1. The molecule has 0 saturated carbocycles. The minimum absolute atomic E-state index is 0.0617. The summed E-state index contributed by atoms with van der Waals surface area (Å²) in [6.07, 6.45) is 0. The first-order valence-corrected chi connectivity index (χ1v) is 6.23. The van der Waals surface area contributed by atoms with Crippen LogP contribution >= 0.6 is 0 Å².